The van der Waals surface area contributed by atoms with Gasteiger partial charge in [-0.2, -0.15) is 0 Å². The molecule has 23 heavy (non-hydrogen) atoms. The minimum atomic E-state index is -0.712. The molecule has 0 fully saturated rings. The first-order valence-electron chi connectivity index (χ1n) is 6.11. The number of H-pyrrole nitrogens is 1. The highest BCUT2D eigenvalue weighted by molar-refractivity contribution is 9.10. The zero-order chi connectivity index (χ0) is 17.0. The van der Waals surface area contributed by atoms with Crippen LogP contribution in [0, 0.1) is 10.1 Å². The van der Waals surface area contributed by atoms with Crippen LogP contribution < -0.4 is 5.32 Å². The fourth-order valence-electron chi connectivity index (χ4n) is 1.60. The molecule has 1 aromatic heterocycles. The highest BCUT2D eigenvalue weighted by atomic mass is 79.9. The molecule has 0 aliphatic rings. The molecule has 0 unspecified atom stereocenters. The minimum Gasteiger partial charge on any atom is -0.451 e. The lowest BCUT2D eigenvalue weighted by Gasteiger charge is -2.07. The van der Waals surface area contributed by atoms with E-state index in [-0.39, 0.29) is 22.1 Å². The van der Waals surface area contributed by atoms with Crippen LogP contribution in [0.25, 0.3) is 0 Å². The van der Waals surface area contributed by atoms with Crippen LogP contribution in [0.3, 0.4) is 0 Å². The van der Waals surface area contributed by atoms with E-state index in [9.17, 15) is 19.7 Å². The van der Waals surface area contributed by atoms with Gasteiger partial charge in [-0.15, -0.1) is 0 Å². The number of benzene rings is 1. The molecule has 120 valence electrons. The standard InChI is InChI=1S/C13H9BrClN3O5/c14-7-3-11(16-5-7)13(20)23-6-12(19)17-10-4-8(18(21)22)1-2-9(10)15/h1-5,16H,6H2,(H,17,19). The Morgan fingerprint density at radius 3 is 2.74 bits per heavy atom. The fraction of sp³-hybridized carbons (Fsp3) is 0.0769. The van der Waals surface area contributed by atoms with Crippen LogP contribution in [0.1, 0.15) is 10.5 Å². The number of rotatable bonds is 5. The van der Waals surface area contributed by atoms with Gasteiger partial charge in [-0.3, -0.25) is 14.9 Å². The molecule has 1 heterocycles. The first-order chi connectivity index (χ1) is 10.9. The second-order valence-corrected chi connectivity index (χ2v) is 5.60. The summed E-state index contributed by atoms with van der Waals surface area (Å²) in [7, 11) is 0. The van der Waals surface area contributed by atoms with Gasteiger partial charge in [-0.25, -0.2) is 4.79 Å². The van der Waals surface area contributed by atoms with Gasteiger partial charge in [0, 0.05) is 22.8 Å². The lowest BCUT2D eigenvalue weighted by atomic mass is 10.3. The largest absolute Gasteiger partial charge is 0.451 e. The molecular weight excluding hydrogens is 394 g/mol. The summed E-state index contributed by atoms with van der Waals surface area (Å²) in [6.07, 6.45) is 1.54. The van der Waals surface area contributed by atoms with Crippen molar-refractivity contribution in [3.63, 3.8) is 0 Å². The van der Waals surface area contributed by atoms with E-state index in [1.807, 2.05) is 0 Å². The van der Waals surface area contributed by atoms with Crippen molar-refractivity contribution in [3.05, 3.63) is 55.8 Å². The van der Waals surface area contributed by atoms with E-state index in [1.54, 1.807) is 6.20 Å². The molecule has 1 amide bonds. The molecule has 2 rings (SSSR count). The Balaban J connectivity index is 1.96. The van der Waals surface area contributed by atoms with Crippen LogP contribution in [-0.2, 0) is 9.53 Å². The number of anilines is 1. The molecule has 0 saturated carbocycles. The summed E-state index contributed by atoms with van der Waals surface area (Å²) in [5.41, 5.74) is 0.0144. The molecule has 0 aliphatic heterocycles. The topological polar surface area (TPSA) is 114 Å². The van der Waals surface area contributed by atoms with E-state index < -0.39 is 23.4 Å². The number of amides is 1. The number of aromatic nitrogens is 1. The van der Waals surface area contributed by atoms with Gasteiger partial charge in [0.25, 0.3) is 11.6 Å². The summed E-state index contributed by atoms with van der Waals surface area (Å²) < 4.78 is 5.48. The second kappa shape index (κ2) is 7.25. The molecule has 8 nitrogen and oxygen atoms in total. The normalized spacial score (nSPS) is 10.2. The van der Waals surface area contributed by atoms with Crippen molar-refractivity contribution < 1.29 is 19.2 Å². The third kappa shape index (κ3) is 4.54. The predicted molar refractivity (Wildman–Crippen MR) is 85.5 cm³/mol. The molecule has 0 spiro atoms. The smallest absolute Gasteiger partial charge is 0.355 e. The zero-order valence-corrected chi connectivity index (χ0v) is 13.7. The maximum Gasteiger partial charge on any atom is 0.355 e. The molecule has 10 heteroatoms. The Bertz CT molecular complexity index is 777. The highest BCUT2D eigenvalue weighted by Gasteiger charge is 2.15. The molecule has 0 radical (unpaired) electrons. The number of carbonyl (C=O) groups excluding carboxylic acids is 2. The average molecular weight is 403 g/mol. The van der Waals surface area contributed by atoms with E-state index in [1.165, 1.54) is 18.2 Å². The van der Waals surface area contributed by atoms with E-state index in [4.69, 9.17) is 16.3 Å². The van der Waals surface area contributed by atoms with Gasteiger partial charge in [-0.1, -0.05) is 11.6 Å². The molecule has 0 atom stereocenters. The summed E-state index contributed by atoms with van der Waals surface area (Å²) in [5, 5.41) is 13.2. The summed E-state index contributed by atoms with van der Waals surface area (Å²) in [6, 6.07) is 5.11. The van der Waals surface area contributed by atoms with Crippen molar-refractivity contribution in [1.29, 1.82) is 0 Å². The molecular formula is C13H9BrClN3O5. The maximum absolute atomic E-state index is 11.8. The molecule has 1 aromatic carbocycles. The Hall–Kier alpha value is -2.39. The number of hydrogen-bond donors (Lipinski definition) is 2. The first-order valence-corrected chi connectivity index (χ1v) is 7.29. The quantitative estimate of drug-likeness (QED) is 0.453. The SMILES string of the molecule is O=C(COC(=O)c1cc(Br)c[nH]1)Nc1cc([N+](=O)[O-])ccc1Cl. The number of non-ortho nitro benzene ring substituents is 1. The Kier molecular flexibility index (Phi) is 5.35. The first kappa shape index (κ1) is 17.0. The average Bonchev–Trinajstić information content (AvgIpc) is 2.93. The maximum atomic E-state index is 11.8. The summed E-state index contributed by atoms with van der Waals surface area (Å²) in [4.78, 5) is 36.1. The van der Waals surface area contributed by atoms with Crippen LogP contribution >= 0.6 is 27.5 Å². The predicted octanol–water partition coefficient (Wildman–Crippen LogP) is 3.13. The lowest BCUT2D eigenvalue weighted by molar-refractivity contribution is -0.384. The number of halogens is 2. The molecule has 0 bridgehead atoms. The van der Waals surface area contributed by atoms with Crippen LogP contribution in [0.5, 0.6) is 0 Å². The zero-order valence-electron chi connectivity index (χ0n) is 11.3. The summed E-state index contributed by atoms with van der Waals surface area (Å²) in [6.45, 7) is -0.561. The molecule has 2 N–H and O–H groups in total. The van der Waals surface area contributed by atoms with Crippen molar-refractivity contribution in [2.45, 2.75) is 0 Å². The number of carbonyl (C=O) groups is 2. The number of nitrogens with one attached hydrogen (secondary N) is 2. The number of nitro benzene ring substituents is 1. The molecule has 2 aromatic rings. The molecule has 0 saturated heterocycles. The van der Waals surface area contributed by atoms with Gasteiger partial charge in [-0.05, 0) is 28.1 Å². The van der Waals surface area contributed by atoms with E-state index in [2.05, 4.69) is 26.2 Å². The van der Waals surface area contributed by atoms with Gasteiger partial charge >= 0.3 is 5.97 Å². The van der Waals surface area contributed by atoms with Crippen LogP contribution in [-0.4, -0.2) is 28.4 Å². The highest BCUT2D eigenvalue weighted by Crippen LogP contribution is 2.26. The second-order valence-electron chi connectivity index (χ2n) is 4.28. The van der Waals surface area contributed by atoms with Gasteiger partial charge in [0.15, 0.2) is 6.61 Å². The van der Waals surface area contributed by atoms with Crippen molar-refractivity contribution >= 4 is 50.8 Å². The van der Waals surface area contributed by atoms with E-state index in [0.29, 0.717) is 4.47 Å². The van der Waals surface area contributed by atoms with Gasteiger partial charge in [0.2, 0.25) is 0 Å². The van der Waals surface area contributed by atoms with Crippen molar-refractivity contribution in [1.82, 2.24) is 4.98 Å². The van der Waals surface area contributed by atoms with Crippen LogP contribution in [0.4, 0.5) is 11.4 Å². The number of ether oxygens (including phenoxy) is 1. The van der Waals surface area contributed by atoms with Crippen LogP contribution in [0.15, 0.2) is 34.9 Å². The summed E-state index contributed by atoms with van der Waals surface area (Å²) >= 11 is 9.01. The number of nitrogens with zero attached hydrogens (tertiary/aromatic N) is 1. The van der Waals surface area contributed by atoms with Crippen molar-refractivity contribution in [3.8, 4) is 0 Å². The van der Waals surface area contributed by atoms with Gasteiger partial charge in [0.05, 0.1) is 15.6 Å². The van der Waals surface area contributed by atoms with Crippen molar-refractivity contribution in [2.75, 3.05) is 11.9 Å². The summed E-state index contributed by atoms with van der Waals surface area (Å²) in [5.74, 6) is -1.39. The third-order valence-electron chi connectivity index (χ3n) is 2.64. The minimum absolute atomic E-state index is 0.0598. The van der Waals surface area contributed by atoms with E-state index >= 15 is 0 Å². The number of hydrogen-bond acceptors (Lipinski definition) is 5. The Labute approximate surface area is 143 Å². The fourth-order valence-corrected chi connectivity index (χ4v) is 2.11. The monoisotopic (exact) mass is 401 g/mol. The number of aromatic amines is 1. The Morgan fingerprint density at radius 1 is 1.39 bits per heavy atom. The Morgan fingerprint density at radius 2 is 2.13 bits per heavy atom. The van der Waals surface area contributed by atoms with Gasteiger partial charge in [0.1, 0.15) is 5.69 Å². The third-order valence-corrected chi connectivity index (χ3v) is 3.42. The van der Waals surface area contributed by atoms with Crippen molar-refractivity contribution in [2.24, 2.45) is 0 Å². The lowest BCUT2D eigenvalue weighted by Crippen LogP contribution is -2.21. The van der Waals surface area contributed by atoms with Gasteiger partial charge < -0.3 is 15.0 Å². The van der Waals surface area contributed by atoms with E-state index in [0.717, 1.165) is 6.07 Å². The number of nitro groups is 1. The molecule has 0 aliphatic carbocycles. The number of esters is 1. The van der Waals surface area contributed by atoms with Crippen LogP contribution in [0.2, 0.25) is 5.02 Å².